The number of fused-ring (bicyclic) bond motifs is 2. The summed E-state index contributed by atoms with van der Waals surface area (Å²) < 4.78 is 1.06. The Kier molecular flexibility index (Phi) is 4.14. The minimum Gasteiger partial charge on any atom is -0.480 e. The summed E-state index contributed by atoms with van der Waals surface area (Å²) in [6.07, 6.45) is 2.17. The average molecular weight is 392 g/mol. The lowest BCUT2D eigenvalue weighted by atomic mass is 10.0. The van der Waals surface area contributed by atoms with Crippen LogP contribution in [0.3, 0.4) is 0 Å². The summed E-state index contributed by atoms with van der Waals surface area (Å²) in [5.41, 5.74) is 2.36. The Bertz CT molecular complexity index is 1150. The van der Waals surface area contributed by atoms with Crippen molar-refractivity contribution in [3.63, 3.8) is 0 Å². The van der Waals surface area contributed by atoms with Crippen LogP contribution in [0.2, 0.25) is 0 Å². The molecule has 140 valence electrons. The van der Waals surface area contributed by atoms with Gasteiger partial charge in [-0.3, -0.25) is 4.79 Å². The SMILES string of the molecule is O=C(O)C1C(c2nc3ccccc3s2)CCN1Oc1cnc2ccccc2n1. The van der Waals surface area contributed by atoms with Gasteiger partial charge in [0.1, 0.15) is 0 Å². The maximum absolute atomic E-state index is 12.0. The third kappa shape index (κ3) is 2.96. The molecule has 2 atom stereocenters. The van der Waals surface area contributed by atoms with Gasteiger partial charge in [0.2, 0.25) is 0 Å². The number of hydroxylamine groups is 2. The predicted octanol–water partition coefficient (Wildman–Crippen LogP) is 3.48. The van der Waals surface area contributed by atoms with Crippen molar-refractivity contribution in [2.24, 2.45) is 0 Å². The lowest BCUT2D eigenvalue weighted by Gasteiger charge is -2.22. The molecule has 1 aliphatic rings. The van der Waals surface area contributed by atoms with Gasteiger partial charge in [-0.05, 0) is 30.7 Å². The molecule has 0 bridgehead atoms. The van der Waals surface area contributed by atoms with Crippen molar-refractivity contribution in [3.05, 3.63) is 59.7 Å². The first-order valence-electron chi connectivity index (χ1n) is 8.94. The van der Waals surface area contributed by atoms with Crippen LogP contribution in [0.5, 0.6) is 5.88 Å². The van der Waals surface area contributed by atoms with Crippen molar-refractivity contribution < 1.29 is 14.7 Å². The molecule has 2 aromatic carbocycles. The van der Waals surface area contributed by atoms with Crippen LogP contribution in [0.15, 0.2) is 54.7 Å². The number of hydrogen-bond donors (Lipinski definition) is 1. The van der Waals surface area contributed by atoms with Crippen LogP contribution in [0, 0.1) is 0 Å². The lowest BCUT2D eigenvalue weighted by Crippen LogP contribution is -2.41. The van der Waals surface area contributed by atoms with E-state index in [2.05, 4.69) is 15.0 Å². The molecule has 0 aliphatic carbocycles. The molecule has 3 heterocycles. The number of nitrogens with zero attached hydrogens (tertiary/aromatic N) is 4. The van der Waals surface area contributed by atoms with Gasteiger partial charge >= 0.3 is 5.97 Å². The molecule has 4 aromatic rings. The number of carboxylic acids is 1. The molecular formula is C20H16N4O3S. The van der Waals surface area contributed by atoms with Gasteiger partial charge in [0.25, 0.3) is 5.88 Å². The monoisotopic (exact) mass is 392 g/mol. The van der Waals surface area contributed by atoms with Gasteiger partial charge in [-0.2, -0.15) is 0 Å². The average Bonchev–Trinajstić information content (AvgIpc) is 3.31. The number of carboxylic acid groups (broad SMARTS) is 1. The fraction of sp³-hybridized carbons (Fsp3) is 0.200. The third-order valence-electron chi connectivity index (χ3n) is 4.87. The van der Waals surface area contributed by atoms with Crippen molar-refractivity contribution in [3.8, 4) is 5.88 Å². The zero-order chi connectivity index (χ0) is 19.1. The van der Waals surface area contributed by atoms with Crippen molar-refractivity contribution in [2.75, 3.05) is 6.54 Å². The van der Waals surface area contributed by atoms with Crippen molar-refractivity contribution >= 4 is 38.6 Å². The van der Waals surface area contributed by atoms with Crippen LogP contribution in [-0.2, 0) is 4.79 Å². The summed E-state index contributed by atoms with van der Waals surface area (Å²) in [6.45, 7) is 0.478. The minimum atomic E-state index is -0.935. The number of carbonyl (C=O) groups is 1. The van der Waals surface area contributed by atoms with E-state index in [4.69, 9.17) is 4.84 Å². The summed E-state index contributed by atoms with van der Waals surface area (Å²) in [5, 5.41) is 12.2. The van der Waals surface area contributed by atoms with E-state index in [1.165, 1.54) is 11.3 Å². The first-order valence-corrected chi connectivity index (χ1v) is 9.75. The maximum Gasteiger partial charge on any atom is 0.325 e. The summed E-state index contributed by atoms with van der Waals surface area (Å²) in [4.78, 5) is 31.3. The number of aliphatic carboxylic acids is 1. The molecule has 8 heteroatoms. The first-order chi connectivity index (χ1) is 13.7. The van der Waals surface area contributed by atoms with Crippen molar-refractivity contribution in [1.82, 2.24) is 20.0 Å². The molecule has 5 rings (SSSR count). The molecular weight excluding hydrogens is 376 g/mol. The summed E-state index contributed by atoms with van der Waals surface area (Å²) in [6, 6.07) is 14.5. The molecule has 1 N–H and O–H groups in total. The quantitative estimate of drug-likeness (QED) is 0.569. The van der Waals surface area contributed by atoms with Crippen molar-refractivity contribution in [2.45, 2.75) is 18.4 Å². The second kappa shape index (κ2) is 6.81. The second-order valence-corrected chi connectivity index (χ2v) is 7.69. The van der Waals surface area contributed by atoms with E-state index in [9.17, 15) is 9.90 Å². The Labute approximate surface area is 164 Å². The molecule has 1 fully saturated rings. The zero-order valence-corrected chi connectivity index (χ0v) is 15.5. The van der Waals surface area contributed by atoms with Crippen molar-refractivity contribution in [1.29, 1.82) is 0 Å². The second-order valence-electron chi connectivity index (χ2n) is 6.63. The summed E-state index contributed by atoms with van der Waals surface area (Å²) in [5.74, 6) is -0.881. The predicted molar refractivity (Wildman–Crippen MR) is 105 cm³/mol. The molecule has 1 saturated heterocycles. The van der Waals surface area contributed by atoms with Gasteiger partial charge in [0.05, 0.1) is 32.5 Å². The summed E-state index contributed by atoms with van der Waals surface area (Å²) >= 11 is 1.54. The Balaban J connectivity index is 1.43. The van der Waals surface area contributed by atoms with Gasteiger partial charge in [0.15, 0.2) is 6.04 Å². The molecule has 1 aliphatic heterocycles. The standard InChI is InChI=1S/C20H16N4O3S/c25-20(26)18-12(19-23-15-7-3-4-8-16(15)28-19)9-10-24(18)27-17-11-21-13-5-1-2-6-14(13)22-17/h1-8,11-12,18H,9-10H2,(H,25,26). The minimum absolute atomic E-state index is 0.233. The molecule has 2 aromatic heterocycles. The van der Waals surface area contributed by atoms with Gasteiger partial charge in [-0.15, -0.1) is 16.4 Å². The largest absolute Gasteiger partial charge is 0.480 e. The third-order valence-corrected chi connectivity index (χ3v) is 6.04. The van der Waals surface area contributed by atoms with E-state index < -0.39 is 12.0 Å². The highest BCUT2D eigenvalue weighted by molar-refractivity contribution is 7.18. The molecule has 0 spiro atoms. The van der Waals surface area contributed by atoms with Crippen LogP contribution in [0.25, 0.3) is 21.3 Å². The van der Waals surface area contributed by atoms with E-state index in [-0.39, 0.29) is 11.8 Å². The van der Waals surface area contributed by atoms with E-state index >= 15 is 0 Å². The maximum atomic E-state index is 12.0. The molecule has 2 unspecified atom stereocenters. The Morgan fingerprint density at radius 2 is 1.82 bits per heavy atom. The van der Waals surface area contributed by atoms with Gasteiger partial charge in [-0.25, -0.2) is 15.0 Å². The highest BCUT2D eigenvalue weighted by Gasteiger charge is 2.44. The summed E-state index contributed by atoms with van der Waals surface area (Å²) in [7, 11) is 0. The highest BCUT2D eigenvalue weighted by Crippen LogP contribution is 2.38. The van der Waals surface area contributed by atoms with Crippen LogP contribution < -0.4 is 4.84 Å². The lowest BCUT2D eigenvalue weighted by molar-refractivity contribution is -0.156. The van der Waals surface area contributed by atoms with Crippen LogP contribution >= 0.6 is 11.3 Å². The topological polar surface area (TPSA) is 88.4 Å². The first kappa shape index (κ1) is 17.0. The van der Waals surface area contributed by atoms with Crippen LogP contribution in [0.4, 0.5) is 0 Å². The number of benzene rings is 2. The van der Waals surface area contributed by atoms with E-state index in [0.717, 1.165) is 20.7 Å². The Morgan fingerprint density at radius 3 is 2.61 bits per heavy atom. The normalized spacial score (nSPS) is 20.0. The molecule has 0 saturated carbocycles. The van der Waals surface area contributed by atoms with E-state index in [0.29, 0.717) is 18.5 Å². The van der Waals surface area contributed by atoms with Gasteiger partial charge in [0, 0.05) is 12.5 Å². The number of aromatic nitrogens is 3. The number of hydrogen-bond acceptors (Lipinski definition) is 7. The zero-order valence-electron chi connectivity index (χ0n) is 14.7. The Hall–Kier alpha value is -3.10. The molecule has 7 nitrogen and oxygen atoms in total. The molecule has 0 radical (unpaired) electrons. The fourth-order valence-electron chi connectivity index (χ4n) is 3.57. The van der Waals surface area contributed by atoms with Crippen LogP contribution in [-0.4, -0.2) is 43.7 Å². The number of thiazole rings is 1. The van der Waals surface area contributed by atoms with Gasteiger partial charge < -0.3 is 9.94 Å². The van der Waals surface area contributed by atoms with E-state index in [1.807, 2.05) is 48.5 Å². The smallest absolute Gasteiger partial charge is 0.325 e. The Morgan fingerprint density at radius 1 is 1.07 bits per heavy atom. The highest BCUT2D eigenvalue weighted by atomic mass is 32.1. The van der Waals surface area contributed by atoms with Crippen LogP contribution in [0.1, 0.15) is 17.3 Å². The number of rotatable bonds is 4. The fourth-order valence-corrected chi connectivity index (χ4v) is 4.71. The van der Waals surface area contributed by atoms with Gasteiger partial charge in [-0.1, -0.05) is 24.3 Å². The number of para-hydroxylation sites is 3. The molecule has 28 heavy (non-hydrogen) atoms. The molecule has 0 amide bonds. The van der Waals surface area contributed by atoms with E-state index in [1.54, 1.807) is 11.3 Å².